The van der Waals surface area contributed by atoms with E-state index in [0.29, 0.717) is 18.3 Å². The van der Waals surface area contributed by atoms with Crippen molar-refractivity contribution >= 4 is 41.6 Å². The molecule has 2 fully saturated rings. The standard InChI is InChI=1S/C23H29N5O7/c1-26(2)16-6-3-5-14(11-16)21(33)25-17-8-9-19(30)27-10-4-7-18(28(27)23(17)35)22(34)24-15(13-29)12-20(31)32/h3,5-6,11,13,15,17-18H,4,7-10,12H2,1-2H3,(H,24,34)(H,25,33)(H,31,32)/t15-,17-,18-/m0/s1. The van der Waals surface area contributed by atoms with E-state index in [0.717, 1.165) is 10.7 Å². The summed E-state index contributed by atoms with van der Waals surface area (Å²) in [5, 5.41) is 16.2. The quantitative estimate of drug-likeness (QED) is 0.416. The first-order valence-electron chi connectivity index (χ1n) is 11.3. The number of amides is 4. The van der Waals surface area contributed by atoms with E-state index in [-0.39, 0.29) is 31.7 Å². The number of fused-ring (bicyclic) bond motifs is 1. The predicted octanol–water partition coefficient (Wildman–Crippen LogP) is -0.462. The molecule has 12 heteroatoms. The van der Waals surface area contributed by atoms with Crippen molar-refractivity contribution < 1.29 is 33.9 Å². The number of carboxylic acids is 1. The zero-order valence-electron chi connectivity index (χ0n) is 19.6. The number of anilines is 1. The fourth-order valence-electron chi connectivity index (χ4n) is 4.17. The highest BCUT2D eigenvalue weighted by Gasteiger charge is 2.45. The van der Waals surface area contributed by atoms with Crippen molar-refractivity contribution in [3.05, 3.63) is 29.8 Å². The Balaban J connectivity index is 1.81. The first-order valence-corrected chi connectivity index (χ1v) is 11.3. The summed E-state index contributed by atoms with van der Waals surface area (Å²) in [6, 6.07) is 3.40. The van der Waals surface area contributed by atoms with Crippen molar-refractivity contribution in [1.29, 1.82) is 0 Å². The van der Waals surface area contributed by atoms with Gasteiger partial charge in [-0.2, -0.15) is 0 Å². The molecule has 2 saturated heterocycles. The van der Waals surface area contributed by atoms with Gasteiger partial charge in [0, 0.05) is 38.3 Å². The number of hydrogen-bond acceptors (Lipinski definition) is 7. The second kappa shape index (κ2) is 11.0. The molecule has 3 N–H and O–H groups in total. The van der Waals surface area contributed by atoms with Crippen molar-refractivity contribution in [1.82, 2.24) is 20.7 Å². The minimum absolute atomic E-state index is 0.00472. The fourth-order valence-corrected chi connectivity index (χ4v) is 4.17. The van der Waals surface area contributed by atoms with Crippen molar-refractivity contribution in [3.63, 3.8) is 0 Å². The highest BCUT2D eigenvalue weighted by atomic mass is 16.4. The minimum atomic E-state index is -1.27. The van der Waals surface area contributed by atoms with E-state index < -0.39 is 48.2 Å². The van der Waals surface area contributed by atoms with Crippen LogP contribution < -0.4 is 15.5 Å². The molecule has 188 valence electrons. The van der Waals surface area contributed by atoms with E-state index >= 15 is 0 Å². The van der Waals surface area contributed by atoms with Gasteiger partial charge in [-0.25, -0.2) is 5.01 Å². The lowest BCUT2D eigenvalue weighted by Crippen LogP contribution is -2.64. The average Bonchev–Trinajstić information content (AvgIpc) is 2.95. The summed E-state index contributed by atoms with van der Waals surface area (Å²) < 4.78 is 0. The van der Waals surface area contributed by atoms with Gasteiger partial charge in [0.15, 0.2) is 0 Å². The van der Waals surface area contributed by atoms with E-state index in [1.165, 1.54) is 5.01 Å². The summed E-state index contributed by atoms with van der Waals surface area (Å²) in [6.07, 6.45) is 0.414. The van der Waals surface area contributed by atoms with Gasteiger partial charge in [-0.05, 0) is 37.5 Å². The highest BCUT2D eigenvalue weighted by molar-refractivity contribution is 6.00. The Bertz CT molecular complexity index is 1030. The molecule has 35 heavy (non-hydrogen) atoms. The maximum atomic E-state index is 13.5. The molecular formula is C23H29N5O7. The number of carbonyl (C=O) groups is 6. The van der Waals surface area contributed by atoms with Gasteiger partial charge in [0.05, 0.1) is 12.5 Å². The second-order valence-electron chi connectivity index (χ2n) is 8.72. The average molecular weight is 488 g/mol. The zero-order chi connectivity index (χ0) is 25.7. The van der Waals surface area contributed by atoms with Crippen LogP contribution in [0.5, 0.6) is 0 Å². The van der Waals surface area contributed by atoms with Crippen LogP contribution in [-0.4, -0.2) is 89.8 Å². The van der Waals surface area contributed by atoms with Crippen LogP contribution in [0.15, 0.2) is 24.3 Å². The summed E-state index contributed by atoms with van der Waals surface area (Å²) >= 11 is 0. The first-order chi connectivity index (χ1) is 16.6. The molecule has 1 aromatic carbocycles. The van der Waals surface area contributed by atoms with Crippen LogP contribution >= 0.6 is 0 Å². The van der Waals surface area contributed by atoms with E-state index in [4.69, 9.17) is 5.11 Å². The van der Waals surface area contributed by atoms with Crippen LogP contribution in [-0.2, 0) is 24.0 Å². The van der Waals surface area contributed by atoms with E-state index in [2.05, 4.69) is 10.6 Å². The summed E-state index contributed by atoms with van der Waals surface area (Å²) in [5.74, 6) is -3.48. The number of carboxylic acid groups (broad SMARTS) is 1. The molecular weight excluding hydrogens is 458 g/mol. The lowest BCUT2D eigenvalue weighted by atomic mass is 10.0. The third kappa shape index (κ3) is 5.94. The Morgan fingerprint density at radius 2 is 1.97 bits per heavy atom. The molecule has 1 aromatic rings. The van der Waals surface area contributed by atoms with Crippen LogP contribution in [0.3, 0.4) is 0 Å². The second-order valence-corrected chi connectivity index (χ2v) is 8.72. The molecule has 0 spiro atoms. The highest BCUT2D eigenvalue weighted by Crippen LogP contribution is 2.25. The van der Waals surface area contributed by atoms with E-state index in [1.54, 1.807) is 18.2 Å². The Kier molecular flexibility index (Phi) is 8.05. The molecule has 4 amide bonds. The van der Waals surface area contributed by atoms with Crippen LogP contribution in [0.4, 0.5) is 5.69 Å². The van der Waals surface area contributed by atoms with Crippen molar-refractivity contribution in [2.24, 2.45) is 0 Å². The summed E-state index contributed by atoms with van der Waals surface area (Å²) in [5.41, 5.74) is 1.14. The molecule has 0 bridgehead atoms. The van der Waals surface area contributed by atoms with E-state index in [9.17, 15) is 28.8 Å². The number of aliphatic carboxylic acids is 1. The Hall–Kier alpha value is -3.96. The van der Waals surface area contributed by atoms with Crippen molar-refractivity contribution in [2.75, 3.05) is 25.5 Å². The molecule has 0 unspecified atom stereocenters. The number of hydrazine groups is 1. The predicted molar refractivity (Wildman–Crippen MR) is 123 cm³/mol. The van der Waals surface area contributed by atoms with Crippen molar-refractivity contribution in [3.8, 4) is 0 Å². The fraction of sp³-hybridized carbons (Fsp3) is 0.478. The number of rotatable bonds is 8. The number of nitrogens with one attached hydrogen (secondary N) is 2. The van der Waals surface area contributed by atoms with Gasteiger partial charge in [-0.3, -0.25) is 29.0 Å². The van der Waals surface area contributed by atoms with Gasteiger partial charge in [0.2, 0.25) is 11.8 Å². The summed E-state index contributed by atoms with van der Waals surface area (Å²) in [7, 11) is 3.67. The Morgan fingerprint density at radius 1 is 1.23 bits per heavy atom. The topological polar surface area (TPSA) is 156 Å². The Labute approximate surface area is 202 Å². The molecule has 0 radical (unpaired) electrons. The summed E-state index contributed by atoms with van der Waals surface area (Å²) in [6.45, 7) is 0.228. The van der Waals surface area contributed by atoms with Crippen LogP contribution in [0.1, 0.15) is 42.5 Å². The van der Waals surface area contributed by atoms with Crippen molar-refractivity contribution in [2.45, 2.75) is 50.2 Å². The molecule has 2 aliphatic heterocycles. The molecule has 0 aromatic heterocycles. The number of aldehydes is 1. The molecule has 2 aliphatic rings. The number of carbonyl (C=O) groups excluding carboxylic acids is 5. The van der Waals surface area contributed by atoms with Gasteiger partial charge in [0.1, 0.15) is 18.4 Å². The normalized spacial score (nSPS) is 20.9. The van der Waals surface area contributed by atoms with Gasteiger partial charge in [-0.15, -0.1) is 0 Å². The molecule has 0 aliphatic carbocycles. The van der Waals surface area contributed by atoms with Gasteiger partial charge in [0.25, 0.3) is 11.8 Å². The minimum Gasteiger partial charge on any atom is -0.481 e. The Morgan fingerprint density at radius 3 is 2.63 bits per heavy atom. The lowest BCUT2D eigenvalue weighted by molar-refractivity contribution is -0.176. The van der Waals surface area contributed by atoms with E-state index in [1.807, 2.05) is 25.1 Å². The molecule has 2 heterocycles. The van der Waals surface area contributed by atoms with Gasteiger partial charge in [-0.1, -0.05) is 6.07 Å². The molecule has 0 saturated carbocycles. The third-order valence-corrected chi connectivity index (χ3v) is 5.98. The smallest absolute Gasteiger partial charge is 0.305 e. The SMILES string of the molecule is CN(C)c1cccc(C(=O)N[C@H]2CCC(=O)N3CCC[C@@H](C(=O)N[C@H](C=O)CC(=O)O)N3C2=O)c1. The zero-order valence-corrected chi connectivity index (χ0v) is 19.6. The largest absolute Gasteiger partial charge is 0.481 e. The molecule has 3 rings (SSSR count). The first kappa shape index (κ1) is 25.7. The number of nitrogens with zero attached hydrogens (tertiary/aromatic N) is 3. The van der Waals surface area contributed by atoms with Crippen LogP contribution in [0, 0.1) is 0 Å². The van der Waals surface area contributed by atoms with Crippen LogP contribution in [0.25, 0.3) is 0 Å². The maximum absolute atomic E-state index is 13.5. The maximum Gasteiger partial charge on any atom is 0.305 e. The molecule has 3 atom stereocenters. The lowest BCUT2D eigenvalue weighted by Gasteiger charge is -2.43. The third-order valence-electron chi connectivity index (χ3n) is 5.98. The van der Waals surface area contributed by atoms with Crippen LogP contribution in [0.2, 0.25) is 0 Å². The summed E-state index contributed by atoms with van der Waals surface area (Å²) in [4.78, 5) is 76.1. The number of benzene rings is 1. The monoisotopic (exact) mass is 487 g/mol. The molecule has 12 nitrogen and oxygen atoms in total. The van der Waals surface area contributed by atoms with Gasteiger partial charge < -0.3 is 25.4 Å². The van der Waals surface area contributed by atoms with Gasteiger partial charge >= 0.3 is 5.97 Å². The number of hydrogen-bond donors (Lipinski definition) is 3.